The average Bonchev–Trinajstić information content (AvgIpc) is 3.10. The number of amides is 2. The predicted molar refractivity (Wildman–Crippen MR) is 105 cm³/mol. The number of halogens is 3. The van der Waals surface area contributed by atoms with Gasteiger partial charge in [-0.05, 0) is 49.1 Å². The van der Waals surface area contributed by atoms with E-state index in [1.54, 1.807) is 9.91 Å². The van der Waals surface area contributed by atoms with Crippen molar-refractivity contribution in [3.63, 3.8) is 0 Å². The summed E-state index contributed by atoms with van der Waals surface area (Å²) in [5.74, 6) is 0. The van der Waals surface area contributed by atoms with Gasteiger partial charge in [0.05, 0.1) is 12.1 Å². The van der Waals surface area contributed by atoms with Crippen LogP contribution in [0.4, 0.5) is 23.7 Å². The van der Waals surface area contributed by atoms with Gasteiger partial charge in [0.15, 0.2) is 0 Å². The van der Waals surface area contributed by atoms with E-state index in [1.807, 2.05) is 18.2 Å². The Kier molecular flexibility index (Phi) is 5.50. The van der Waals surface area contributed by atoms with Gasteiger partial charge >= 0.3 is 12.2 Å². The van der Waals surface area contributed by atoms with E-state index in [-0.39, 0.29) is 12.1 Å². The zero-order chi connectivity index (χ0) is 20.4. The summed E-state index contributed by atoms with van der Waals surface area (Å²) in [4.78, 5) is 14.6. The first-order valence-electron chi connectivity index (χ1n) is 10.0. The fraction of sp³-hybridized carbons (Fsp3) is 0.409. The van der Waals surface area contributed by atoms with Gasteiger partial charge in [-0.1, -0.05) is 36.8 Å². The number of rotatable bonds is 4. The number of urea groups is 1. The Balaban J connectivity index is 1.48. The lowest BCUT2D eigenvalue weighted by Crippen LogP contribution is -2.53. The minimum Gasteiger partial charge on any atom is -0.291 e. The van der Waals surface area contributed by atoms with E-state index in [4.69, 9.17) is 0 Å². The number of alkyl halides is 3. The van der Waals surface area contributed by atoms with Crippen LogP contribution < -0.4 is 4.90 Å². The summed E-state index contributed by atoms with van der Waals surface area (Å²) in [6.07, 6.45) is -0.296. The number of benzene rings is 2. The first kappa shape index (κ1) is 19.8. The smallest absolute Gasteiger partial charge is 0.291 e. The summed E-state index contributed by atoms with van der Waals surface area (Å²) in [6, 6.07) is 15.2. The standard InChI is InChI=1S/C22H24F3N3O/c23-22(24,25)18-9-11-19(12-10-18)26-14-15-28(21(26)29)27-13-5-4-8-20(27)16-17-6-2-1-3-7-17/h1-3,6-7,9-12,20H,4-5,8,13-16H2/t20-/m1/s1. The summed E-state index contributed by atoms with van der Waals surface area (Å²) < 4.78 is 38.4. The monoisotopic (exact) mass is 403 g/mol. The van der Waals surface area contributed by atoms with Crippen LogP contribution in [-0.4, -0.2) is 41.7 Å². The zero-order valence-electron chi connectivity index (χ0n) is 16.1. The molecule has 0 saturated carbocycles. The van der Waals surface area contributed by atoms with Crippen molar-refractivity contribution in [1.29, 1.82) is 0 Å². The van der Waals surface area contributed by atoms with Gasteiger partial charge in [0.1, 0.15) is 0 Å². The van der Waals surface area contributed by atoms with Gasteiger partial charge in [-0.2, -0.15) is 13.2 Å². The van der Waals surface area contributed by atoms with Crippen molar-refractivity contribution < 1.29 is 18.0 Å². The number of nitrogens with zero attached hydrogens (tertiary/aromatic N) is 3. The second kappa shape index (κ2) is 8.06. The maximum absolute atomic E-state index is 13.1. The fourth-order valence-electron chi connectivity index (χ4n) is 4.23. The molecule has 2 fully saturated rings. The van der Waals surface area contributed by atoms with Crippen LogP contribution in [0.2, 0.25) is 0 Å². The topological polar surface area (TPSA) is 26.8 Å². The lowest BCUT2D eigenvalue weighted by atomic mass is 9.97. The summed E-state index contributed by atoms with van der Waals surface area (Å²) in [7, 11) is 0. The van der Waals surface area contributed by atoms with Crippen LogP contribution in [-0.2, 0) is 12.6 Å². The SMILES string of the molecule is O=C1N(c2ccc(C(F)(F)F)cc2)CCN1N1CCCC[C@@H]1Cc1ccccc1. The molecule has 0 unspecified atom stereocenters. The number of piperidine rings is 1. The number of hydrazine groups is 1. The van der Waals surface area contributed by atoms with Gasteiger partial charge in [0, 0.05) is 24.8 Å². The van der Waals surface area contributed by atoms with Crippen molar-refractivity contribution in [3.8, 4) is 0 Å². The highest BCUT2D eigenvalue weighted by atomic mass is 19.4. The molecule has 7 heteroatoms. The molecule has 29 heavy (non-hydrogen) atoms. The van der Waals surface area contributed by atoms with Gasteiger partial charge in [0.25, 0.3) is 0 Å². The fourth-order valence-corrected chi connectivity index (χ4v) is 4.23. The minimum atomic E-state index is -4.38. The summed E-state index contributed by atoms with van der Waals surface area (Å²) in [5, 5.41) is 3.95. The van der Waals surface area contributed by atoms with E-state index >= 15 is 0 Å². The van der Waals surface area contributed by atoms with Crippen LogP contribution in [0.5, 0.6) is 0 Å². The highest BCUT2D eigenvalue weighted by Crippen LogP contribution is 2.32. The molecule has 2 aromatic carbocycles. The largest absolute Gasteiger partial charge is 0.416 e. The maximum Gasteiger partial charge on any atom is 0.416 e. The van der Waals surface area contributed by atoms with Crippen molar-refractivity contribution in [3.05, 3.63) is 65.7 Å². The molecule has 2 amide bonds. The lowest BCUT2D eigenvalue weighted by Gasteiger charge is -2.41. The molecule has 2 heterocycles. The molecular formula is C22H24F3N3O. The van der Waals surface area contributed by atoms with Crippen LogP contribution in [0.3, 0.4) is 0 Å². The van der Waals surface area contributed by atoms with Crippen LogP contribution in [0, 0.1) is 0 Å². The summed E-state index contributed by atoms with van der Waals surface area (Å²) in [6.45, 7) is 1.84. The van der Waals surface area contributed by atoms with Gasteiger partial charge in [-0.25, -0.2) is 9.80 Å². The summed E-state index contributed by atoms with van der Waals surface area (Å²) >= 11 is 0. The van der Waals surface area contributed by atoms with E-state index in [2.05, 4.69) is 17.1 Å². The van der Waals surface area contributed by atoms with Crippen molar-refractivity contribution in [1.82, 2.24) is 10.0 Å². The van der Waals surface area contributed by atoms with Gasteiger partial charge < -0.3 is 0 Å². The Hall–Kier alpha value is -2.54. The first-order chi connectivity index (χ1) is 13.9. The third-order valence-corrected chi connectivity index (χ3v) is 5.71. The molecule has 4 rings (SSSR count). The van der Waals surface area contributed by atoms with Crippen molar-refractivity contribution in [2.24, 2.45) is 0 Å². The Morgan fingerprint density at radius 3 is 2.31 bits per heavy atom. The van der Waals surface area contributed by atoms with Crippen LogP contribution in [0.15, 0.2) is 54.6 Å². The first-order valence-corrected chi connectivity index (χ1v) is 10.0. The maximum atomic E-state index is 13.1. The Morgan fingerprint density at radius 2 is 1.62 bits per heavy atom. The molecule has 2 saturated heterocycles. The van der Waals surface area contributed by atoms with E-state index in [9.17, 15) is 18.0 Å². The number of carbonyl (C=O) groups is 1. The van der Waals surface area contributed by atoms with E-state index in [1.165, 1.54) is 17.7 Å². The minimum absolute atomic E-state index is 0.162. The van der Waals surface area contributed by atoms with E-state index < -0.39 is 11.7 Å². The molecule has 1 atom stereocenters. The van der Waals surface area contributed by atoms with Crippen LogP contribution in [0.1, 0.15) is 30.4 Å². The number of carbonyl (C=O) groups excluding carboxylic acids is 1. The van der Waals surface area contributed by atoms with Gasteiger partial charge in [-0.15, -0.1) is 0 Å². The molecule has 154 valence electrons. The van der Waals surface area contributed by atoms with E-state index in [0.717, 1.165) is 44.4 Å². The Bertz CT molecular complexity index is 839. The molecule has 2 aliphatic heterocycles. The second-order valence-corrected chi connectivity index (χ2v) is 7.60. The highest BCUT2D eigenvalue weighted by molar-refractivity contribution is 5.93. The molecule has 0 radical (unpaired) electrons. The lowest BCUT2D eigenvalue weighted by molar-refractivity contribution is -0.137. The van der Waals surface area contributed by atoms with Gasteiger partial charge in [-0.3, -0.25) is 9.91 Å². The van der Waals surface area contributed by atoms with Crippen molar-refractivity contribution in [2.75, 3.05) is 24.5 Å². The highest BCUT2D eigenvalue weighted by Gasteiger charge is 2.38. The molecule has 0 aromatic heterocycles. The molecular weight excluding hydrogens is 379 g/mol. The quantitative estimate of drug-likeness (QED) is 0.722. The number of anilines is 1. The second-order valence-electron chi connectivity index (χ2n) is 7.60. The molecule has 0 spiro atoms. The third-order valence-electron chi connectivity index (χ3n) is 5.71. The Labute approximate surface area is 168 Å². The van der Waals surface area contributed by atoms with Crippen molar-refractivity contribution in [2.45, 2.75) is 37.9 Å². The van der Waals surface area contributed by atoms with Crippen LogP contribution in [0.25, 0.3) is 0 Å². The molecule has 2 aromatic rings. The zero-order valence-corrected chi connectivity index (χ0v) is 16.1. The Morgan fingerprint density at radius 1 is 0.897 bits per heavy atom. The molecule has 2 aliphatic rings. The number of hydrogen-bond acceptors (Lipinski definition) is 2. The molecule has 0 N–H and O–H groups in total. The molecule has 4 nitrogen and oxygen atoms in total. The van der Waals surface area contributed by atoms with Gasteiger partial charge in [0.2, 0.25) is 0 Å². The molecule has 0 aliphatic carbocycles. The summed E-state index contributed by atoms with van der Waals surface area (Å²) in [5.41, 5.74) is 1.04. The third kappa shape index (κ3) is 4.24. The molecule has 0 bridgehead atoms. The predicted octanol–water partition coefficient (Wildman–Crippen LogP) is 4.96. The normalized spacial score (nSPS) is 21.1. The van der Waals surface area contributed by atoms with Crippen molar-refractivity contribution >= 4 is 11.7 Å². The number of hydrogen-bond donors (Lipinski definition) is 0. The van der Waals surface area contributed by atoms with E-state index in [0.29, 0.717) is 18.8 Å². The van der Waals surface area contributed by atoms with Crippen LogP contribution >= 0.6 is 0 Å². The average molecular weight is 403 g/mol.